The van der Waals surface area contributed by atoms with Gasteiger partial charge in [0.15, 0.2) is 0 Å². The number of nitrogens with zero attached hydrogens (tertiary/aromatic N) is 3. The Morgan fingerprint density at radius 1 is 1.08 bits per heavy atom. The Morgan fingerprint density at radius 2 is 1.86 bits per heavy atom. The van der Waals surface area contributed by atoms with E-state index in [1.165, 1.54) is 11.3 Å². The first-order valence-corrected chi connectivity index (χ1v) is 13.5. The van der Waals surface area contributed by atoms with E-state index in [4.69, 9.17) is 27.9 Å². The zero-order chi connectivity index (χ0) is 25.9. The number of aromatic nitrogens is 2. The largest absolute Gasteiger partial charge is 0.496 e. The lowest BCUT2D eigenvalue weighted by Gasteiger charge is -2.31. The molecule has 1 N–H and O–H groups in total. The summed E-state index contributed by atoms with van der Waals surface area (Å²) in [5.74, 6) is 0.455. The van der Waals surface area contributed by atoms with Gasteiger partial charge >= 0.3 is 0 Å². The standard InChI is InChI=1S/C27H24Cl2N4O3S/c1-36-23-13-21(31-20-8-3-2-6-18(20)23)27(35)33-11-9-16(10-12-33)26-32-22(15-37-26)25(34)30-14-17-5-4-7-19(28)24(17)29/h2-8,13,15-16H,9-12,14H2,1H3,(H,30,34). The number of piperidine rings is 1. The molecule has 37 heavy (non-hydrogen) atoms. The van der Waals surface area contributed by atoms with Crippen molar-refractivity contribution in [1.29, 1.82) is 0 Å². The summed E-state index contributed by atoms with van der Waals surface area (Å²) in [6, 6.07) is 14.6. The van der Waals surface area contributed by atoms with Crippen molar-refractivity contribution in [2.24, 2.45) is 0 Å². The number of benzene rings is 2. The molecule has 1 saturated heterocycles. The lowest BCUT2D eigenvalue weighted by atomic mass is 9.97. The van der Waals surface area contributed by atoms with Crippen LogP contribution < -0.4 is 10.1 Å². The number of pyridine rings is 1. The molecule has 0 bridgehead atoms. The van der Waals surface area contributed by atoms with Gasteiger partial charge in [-0.05, 0) is 36.6 Å². The van der Waals surface area contributed by atoms with Crippen LogP contribution in [-0.4, -0.2) is 46.9 Å². The van der Waals surface area contributed by atoms with Crippen LogP contribution in [0.4, 0.5) is 0 Å². The molecule has 7 nitrogen and oxygen atoms in total. The molecule has 190 valence electrons. The van der Waals surface area contributed by atoms with E-state index in [0.29, 0.717) is 40.3 Å². The first kappa shape index (κ1) is 25.4. The predicted molar refractivity (Wildman–Crippen MR) is 146 cm³/mol. The molecule has 3 heterocycles. The van der Waals surface area contributed by atoms with Crippen LogP contribution in [-0.2, 0) is 6.54 Å². The normalized spacial score (nSPS) is 14.1. The Morgan fingerprint density at radius 3 is 2.65 bits per heavy atom. The van der Waals surface area contributed by atoms with Crippen LogP contribution in [0.5, 0.6) is 5.75 Å². The van der Waals surface area contributed by atoms with Gasteiger partial charge in [0.25, 0.3) is 11.8 Å². The van der Waals surface area contributed by atoms with E-state index in [0.717, 1.165) is 34.3 Å². The highest BCUT2D eigenvalue weighted by atomic mass is 35.5. The van der Waals surface area contributed by atoms with Crippen molar-refractivity contribution < 1.29 is 14.3 Å². The minimum absolute atomic E-state index is 0.110. The maximum absolute atomic E-state index is 13.2. The van der Waals surface area contributed by atoms with Gasteiger partial charge in [0.2, 0.25) is 0 Å². The number of thiazole rings is 1. The third-order valence-electron chi connectivity index (χ3n) is 6.47. The number of ether oxygens (including phenoxy) is 1. The lowest BCUT2D eigenvalue weighted by Crippen LogP contribution is -2.38. The molecule has 1 aliphatic heterocycles. The van der Waals surface area contributed by atoms with E-state index >= 15 is 0 Å². The van der Waals surface area contributed by atoms with Crippen LogP contribution in [0.3, 0.4) is 0 Å². The number of hydrogen-bond acceptors (Lipinski definition) is 6. The highest BCUT2D eigenvalue weighted by Crippen LogP contribution is 2.32. The summed E-state index contributed by atoms with van der Waals surface area (Å²) < 4.78 is 5.49. The second-order valence-corrected chi connectivity index (χ2v) is 10.4. The summed E-state index contributed by atoms with van der Waals surface area (Å²) in [6.45, 7) is 1.45. The maximum Gasteiger partial charge on any atom is 0.272 e. The van der Waals surface area contributed by atoms with Crippen molar-refractivity contribution in [2.45, 2.75) is 25.3 Å². The first-order valence-electron chi connectivity index (χ1n) is 11.8. The summed E-state index contributed by atoms with van der Waals surface area (Å²) in [4.78, 5) is 36.8. The van der Waals surface area contributed by atoms with E-state index in [-0.39, 0.29) is 24.3 Å². The van der Waals surface area contributed by atoms with E-state index in [9.17, 15) is 9.59 Å². The van der Waals surface area contributed by atoms with Gasteiger partial charge < -0.3 is 15.0 Å². The van der Waals surface area contributed by atoms with Crippen LogP contribution in [0.25, 0.3) is 10.9 Å². The molecule has 1 aliphatic rings. The number of hydrogen-bond donors (Lipinski definition) is 1. The van der Waals surface area contributed by atoms with Crippen molar-refractivity contribution in [1.82, 2.24) is 20.2 Å². The van der Waals surface area contributed by atoms with Gasteiger partial charge in [-0.2, -0.15) is 0 Å². The second-order valence-electron chi connectivity index (χ2n) is 8.76. The summed E-state index contributed by atoms with van der Waals surface area (Å²) in [6.07, 6.45) is 1.53. The quantitative estimate of drug-likeness (QED) is 0.318. The number of fused-ring (bicyclic) bond motifs is 1. The van der Waals surface area contributed by atoms with Crippen molar-refractivity contribution in [3.63, 3.8) is 0 Å². The number of methoxy groups -OCH3 is 1. The van der Waals surface area contributed by atoms with Crippen LogP contribution in [0.2, 0.25) is 10.0 Å². The molecule has 0 aliphatic carbocycles. The third-order valence-corrected chi connectivity index (χ3v) is 8.34. The minimum atomic E-state index is -0.262. The Balaban J connectivity index is 1.20. The number of para-hydroxylation sites is 1. The van der Waals surface area contributed by atoms with Gasteiger partial charge in [0, 0.05) is 42.4 Å². The fourth-order valence-electron chi connectivity index (χ4n) is 4.44. The molecule has 0 atom stereocenters. The molecule has 4 aromatic rings. The van der Waals surface area contributed by atoms with E-state index < -0.39 is 0 Å². The molecule has 2 amide bonds. The molecular weight excluding hydrogens is 531 g/mol. The average Bonchev–Trinajstić information content (AvgIpc) is 3.43. The fraction of sp³-hybridized carbons (Fsp3) is 0.259. The Labute approximate surface area is 228 Å². The zero-order valence-corrected chi connectivity index (χ0v) is 22.4. The van der Waals surface area contributed by atoms with Crippen molar-refractivity contribution >= 4 is 57.3 Å². The molecule has 10 heteroatoms. The minimum Gasteiger partial charge on any atom is -0.496 e. The summed E-state index contributed by atoms with van der Waals surface area (Å²) in [5.41, 5.74) is 2.23. The third kappa shape index (κ3) is 5.42. The Hall–Kier alpha value is -3.20. The molecular formula is C27H24Cl2N4O3S. The maximum atomic E-state index is 13.2. The van der Waals surface area contributed by atoms with Crippen molar-refractivity contribution in [3.05, 3.63) is 85.9 Å². The van der Waals surface area contributed by atoms with Gasteiger partial charge in [0.05, 0.1) is 27.7 Å². The molecule has 0 radical (unpaired) electrons. The summed E-state index contributed by atoms with van der Waals surface area (Å²) in [7, 11) is 1.59. The SMILES string of the molecule is COc1cc(C(=O)N2CCC(c3nc(C(=O)NCc4cccc(Cl)c4Cl)cs3)CC2)nc2ccccc12. The van der Waals surface area contributed by atoms with Crippen LogP contribution in [0.15, 0.2) is 53.9 Å². The van der Waals surface area contributed by atoms with E-state index in [1.807, 2.05) is 35.2 Å². The van der Waals surface area contributed by atoms with Crippen molar-refractivity contribution in [2.75, 3.05) is 20.2 Å². The smallest absolute Gasteiger partial charge is 0.272 e. The number of likely N-dealkylation sites (tertiary alicyclic amines) is 1. The monoisotopic (exact) mass is 554 g/mol. The number of amides is 2. The first-order chi connectivity index (χ1) is 17.9. The van der Waals surface area contributed by atoms with Crippen molar-refractivity contribution in [3.8, 4) is 5.75 Å². The van der Waals surface area contributed by atoms with Gasteiger partial charge in [-0.15, -0.1) is 11.3 Å². The van der Waals surface area contributed by atoms with Gasteiger partial charge in [-0.25, -0.2) is 9.97 Å². The summed E-state index contributed by atoms with van der Waals surface area (Å²) in [5, 5.41) is 7.29. The van der Waals surface area contributed by atoms with Crippen LogP contribution in [0.1, 0.15) is 50.3 Å². The van der Waals surface area contributed by atoms with E-state index in [2.05, 4.69) is 15.3 Å². The molecule has 0 saturated carbocycles. The van der Waals surface area contributed by atoms with Gasteiger partial charge in [0.1, 0.15) is 17.1 Å². The number of nitrogens with one attached hydrogen (secondary N) is 1. The second kappa shape index (κ2) is 11.0. The van der Waals surface area contributed by atoms with Gasteiger partial charge in [-0.1, -0.05) is 47.5 Å². The summed E-state index contributed by atoms with van der Waals surface area (Å²) >= 11 is 13.7. The van der Waals surface area contributed by atoms with Crippen LogP contribution >= 0.6 is 34.5 Å². The number of carbonyl (C=O) groups is 2. The average molecular weight is 555 g/mol. The van der Waals surface area contributed by atoms with Crippen LogP contribution in [0, 0.1) is 0 Å². The highest BCUT2D eigenvalue weighted by molar-refractivity contribution is 7.09. The lowest BCUT2D eigenvalue weighted by molar-refractivity contribution is 0.0707. The Bertz CT molecular complexity index is 1470. The predicted octanol–water partition coefficient (Wildman–Crippen LogP) is 5.96. The number of halogens is 2. The molecule has 0 unspecified atom stereocenters. The fourth-order valence-corrected chi connectivity index (χ4v) is 5.80. The molecule has 5 rings (SSSR count). The molecule has 0 spiro atoms. The number of rotatable bonds is 6. The number of carbonyl (C=O) groups excluding carboxylic acids is 2. The molecule has 2 aromatic carbocycles. The van der Waals surface area contributed by atoms with Gasteiger partial charge in [-0.3, -0.25) is 9.59 Å². The topological polar surface area (TPSA) is 84.4 Å². The zero-order valence-electron chi connectivity index (χ0n) is 20.0. The Kier molecular flexibility index (Phi) is 7.60. The van der Waals surface area contributed by atoms with E-state index in [1.54, 1.807) is 30.7 Å². The molecule has 1 fully saturated rings. The molecule has 2 aromatic heterocycles. The highest BCUT2D eigenvalue weighted by Gasteiger charge is 2.28.